The maximum absolute atomic E-state index is 13.2. The third-order valence-electron chi connectivity index (χ3n) is 6.47. The number of fused-ring (bicyclic) bond motifs is 3. The molecular formula is C20H19NO7. The molecule has 146 valence electrons. The molecule has 8 nitrogen and oxygen atoms in total. The molecule has 2 heterocycles. The number of carbonyl (C=O) groups is 2. The van der Waals surface area contributed by atoms with E-state index < -0.39 is 41.5 Å². The Kier molecular flexibility index (Phi) is 3.65. The third kappa shape index (κ3) is 2.16. The van der Waals surface area contributed by atoms with Gasteiger partial charge in [0.15, 0.2) is 11.6 Å². The van der Waals surface area contributed by atoms with Gasteiger partial charge in [0.2, 0.25) is 5.79 Å². The van der Waals surface area contributed by atoms with Crippen LogP contribution in [0.4, 0.5) is 0 Å². The average Bonchev–Trinajstić information content (AvgIpc) is 3.07. The second kappa shape index (κ2) is 5.79. The predicted molar refractivity (Wildman–Crippen MR) is 94.5 cm³/mol. The van der Waals surface area contributed by atoms with Gasteiger partial charge in [0.25, 0.3) is 0 Å². The Morgan fingerprint density at radius 3 is 2.71 bits per heavy atom. The third-order valence-corrected chi connectivity index (χ3v) is 6.47. The first kappa shape index (κ1) is 17.7. The van der Waals surface area contributed by atoms with Crippen molar-refractivity contribution < 1.29 is 29.3 Å². The summed E-state index contributed by atoms with van der Waals surface area (Å²) in [4.78, 5) is 37.3. The van der Waals surface area contributed by atoms with Gasteiger partial charge in [-0.05, 0) is 12.5 Å². The molecule has 0 aromatic carbocycles. The van der Waals surface area contributed by atoms with Crippen LogP contribution in [0.3, 0.4) is 0 Å². The molecule has 0 spiro atoms. The van der Waals surface area contributed by atoms with Crippen LogP contribution in [-0.4, -0.2) is 52.4 Å². The number of nitrogens with zero attached hydrogens (tertiary/aromatic N) is 1. The molecule has 0 bridgehead atoms. The lowest BCUT2D eigenvalue weighted by Gasteiger charge is -2.32. The van der Waals surface area contributed by atoms with Crippen molar-refractivity contribution in [1.29, 1.82) is 0 Å². The average molecular weight is 385 g/mol. The Bertz CT molecular complexity index is 942. The van der Waals surface area contributed by atoms with Gasteiger partial charge in [-0.3, -0.25) is 9.59 Å². The largest absolute Gasteiger partial charge is 0.466 e. The second-order valence-corrected chi connectivity index (χ2v) is 7.98. The van der Waals surface area contributed by atoms with Gasteiger partial charge in [-0.25, -0.2) is 0 Å². The fourth-order valence-corrected chi connectivity index (χ4v) is 5.12. The number of rotatable bonds is 1. The van der Waals surface area contributed by atoms with E-state index in [-0.39, 0.29) is 34.6 Å². The van der Waals surface area contributed by atoms with E-state index in [2.05, 4.69) is 5.18 Å². The number of allylic oxidation sites excluding steroid dienone is 4. The van der Waals surface area contributed by atoms with E-state index in [1.165, 1.54) is 18.2 Å². The Labute approximate surface area is 160 Å². The van der Waals surface area contributed by atoms with E-state index >= 15 is 0 Å². The van der Waals surface area contributed by atoms with Crippen LogP contribution in [0.2, 0.25) is 0 Å². The lowest BCUT2D eigenvalue weighted by molar-refractivity contribution is -0.166. The molecule has 0 saturated carbocycles. The van der Waals surface area contributed by atoms with Gasteiger partial charge in [0.1, 0.15) is 11.8 Å². The molecule has 2 saturated heterocycles. The highest BCUT2D eigenvalue weighted by molar-refractivity contribution is 6.28. The summed E-state index contributed by atoms with van der Waals surface area (Å²) in [5.41, 5.74) is 0.0135. The molecule has 28 heavy (non-hydrogen) atoms. The molecule has 3 aliphatic carbocycles. The molecule has 0 radical (unpaired) electrons. The van der Waals surface area contributed by atoms with E-state index in [9.17, 15) is 24.7 Å². The van der Waals surface area contributed by atoms with Crippen LogP contribution in [0.1, 0.15) is 19.8 Å². The first-order valence-electron chi connectivity index (χ1n) is 9.35. The minimum atomic E-state index is -1.31. The van der Waals surface area contributed by atoms with Gasteiger partial charge in [-0.2, -0.15) is 4.91 Å². The quantitative estimate of drug-likeness (QED) is 0.507. The van der Waals surface area contributed by atoms with Crippen molar-refractivity contribution >= 4 is 11.6 Å². The predicted octanol–water partition coefficient (Wildman–Crippen LogP) is 0.845. The van der Waals surface area contributed by atoms with Gasteiger partial charge in [0.05, 0.1) is 24.7 Å². The molecule has 4 unspecified atom stereocenters. The Morgan fingerprint density at radius 2 is 1.96 bits per heavy atom. The molecule has 5 rings (SSSR count). The van der Waals surface area contributed by atoms with Gasteiger partial charge < -0.3 is 19.7 Å². The molecule has 2 N–H and O–H groups in total. The number of hydrogen-bond acceptors (Lipinski definition) is 8. The van der Waals surface area contributed by atoms with Crippen LogP contribution in [0, 0.1) is 16.7 Å². The summed E-state index contributed by atoms with van der Waals surface area (Å²) in [6, 6.07) is -0.833. The second-order valence-electron chi connectivity index (χ2n) is 7.98. The van der Waals surface area contributed by atoms with Crippen LogP contribution in [0.5, 0.6) is 0 Å². The van der Waals surface area contributed by atoms with Crippen molar-refractivity contribution in [2.75, 3.05) is 6.61 Å². The molecule has 2 aliphatic heterocycles. The van der Waals surface area contributed by atoms with E-state index in [0.717, 1.165) is 0 Å². The number of Topliss-reactive ketones (excluding diaryl/α,β-unsaturated/α-hetero) is 2. The number of ether oxygens (including phenoxy) is 2. The summed E-state index contributed by atoms with van der Waals surface area (Å²) in [5, 5.41) is 24.5. The standard InChI is InChI=1S/C20H19NO7/c1-20-11(4-5-27-20)16-13(28-20)7-10-15(19(16)25)18(24)14-9(17(10)23)3-2-8(21-26)6-12(14)22/h2-3,7-8,11-12,16,19,22,25H,4-6H2,1H3/t8?,11-,12?,16?,19?,20+/m0/s1. The van der Waals surface area contributed by atoms with Crippen molar-refractivity contribution in [2.24, 2.45) is 17.0 Å². The Morgan fingerprint density at radius 1 is 1.18 bits per heavy atom. The topological polar surface area (TPSA) is 122 Å². The maximum atomic E-state index is 13.2. The zero-order valence-electron chi connectivity index (χ0n) is 15.1. The summed E-state index contributed by atoms with van der Waals surface area (Å²) >= 11 is 0. The number of carbonyl (C=O) groups excluding carboxylic acids is 2. The fourth-order valence-electron chi connectivity index (χ4n) is 5.12. The molecule has 8 heteroatoms. The lowest BCUT2D eigenvalue weighted by Crippen LogP contribution is -2.41. The van der Waals surface area contributed by atoms with E-state index in [1.807, 2.05) is 0 Å². The van der Waals surface area contributed by atoms with Gasteiger partial charge in [-0.15, -0.1) is 0 Å². The highest BCUT2D eigenvalue weighted by Crippen LogP contribution is 2.54. The maximum Gasteiger partial charge on any atom is 0.210 e. The normalized spacial score (nSPS) is 41.7. The van der Waals surface area contributed by atoms with Crippen molar-refractivity contribution in [2.45, 2.75) is 43.8 Å². The summed E-state index contributed by atoms with van der Waals surface area (Å²) in [6.45, 7) is 2.29. The monoisotopic (exact) mass is 385 g/mol. The molecule has 5 aliphatic rings. The SMILES string of the molecule is C[C@]12OCC[C@H]1C1C(=CC3=C(C(=O)C4=C(C=CC(N=O)CC4O)C3=O)C1O)O2. The zero-order valence-corrected chi connectivity index (χ0v) is 15.1. The minimum Gasteiger partial charge on any atom is -0.466 e. The van der Waals surface area contributed by atoms with Crippen molar-refractivity contribution in [3.63, 3.8) is 0 Å². The molecule has 6 atom stereocenters. The Hall–Kier alpha value is -2.42. The summed E-state index contributed by atoms with van der Waals surface area (Å²) in [7, 11) is 0. The van der Waals surface area contributed by atoms with E-state index in [1.54, 1.807) is 6.92 Å². The smallest absolute Gasteiger partial charge is 0.210 e. The first-order valence-corrected chi connectivity index (χ1v) is 9.35. The first-order chi connectivity index (χ1) is 13.4. The van der Waals surface area contributed by atoms with E-state index in [4.69, 9.17) is 9.47 Å². The zero-order chi connectivity index (χ0) is 19.8. The Balaban J connectivity index is 1.60. The van der Waals surface area contributed by atoms with Crippen molar-refractivity contribution in [1.82, 2.24) is 0 Å². The van der Waals surface area contributed by atoms with Gasteiger partial charge in [-0.1, -0.05) is 17.3 Å². The van der Waals surface area contributed by atoms with Crippen LogP contribution >= 0.6 is 0 Å². The molecule has 2 fully saturated rings. The fraction of sp³-hybridized carbons (Fsp3) is 0.500. The summed E-state index contributed by atoms with van der Waals surface area (Å²) in [5.74, 6) is -2.11. The molecule has 0 amide bonds. The number of nitroso groups, excluding NO2 is 1. The number of aliphatic hydroxyl groups excluding tert-OH is 2. The lowest BCUT2D eigenvalue weighted by atomic mass is 9.70. The van der Waals surface area contributed by atoms with Gasteiger partial charge >= 0.3 is 0 Å². The van der Waals surface area contributed by atoms with Crippen LogP contribution in [-0.2, 0) is 19.1 Å². The summed E-state index contributed by atoms with van der Waals surface area (Å²) < 4.78 is 11.6. The van der Waals surface area contributed by atoms with Gasteiger partial charge in [0, 0.05) is 41.6 Å². The van der Waals surface area contributed by atoms with E-state index in [0.29, 0.717) is 18.8 Å². The highest BCUT2D eigenvalue weighted by Gasteiger charge is 2.59. The molecule has 0 aromatic rings. The summed E-state index contributed by atoms with van der Waals surface area (Å²) in [6.07, 6.45) is 2.35. The highest BCUT2D eigenvalue weighted by atomic mass is 16.7. The minimum absolute atomic E-state index is 0.0118. The molecular weight excluding hydrogens is 366 g/mol. The number of ketones is 2. The van der Waals surface area contributed by atoms with Crippen LogP contribution in [0.15, 0.2) is 51.5 Å². The number of aliphatic hydroxyl groups is 2. The van der Waals surface area contributed by atoms with Crippen molar-refractivity contribution in [3.05, 3.63) is 51.2 Å². The molecule has 0 aromatic heterocycles. The number of hydrogen-bond donors (Lipinski definition) is 2. The van der Waals surface area contributed by atoms with Crippen LogP contribution in [0.25, 0.3) is 0 Å². The van der Waals surface area contributed by atoms with Crippen molar-refractivity contribution in [3.8, 4) is 0 Å². The van der Waals surface area contributed by atoms with Crippen LogP contribution < -0.4 is 0 Å².